The smallest absolute Gasteiger partial charge is 0.0899 e. The summed E-state index contributed by atoms with van der Waals surface area (Å²) in [6, 6.07) is 24.2. The minimum Gasteiger partial charge on any atom is -0.387 e. The Morgan fingerprint density at radius 3 is 2.24 bits per heavy atom. The molecule has 1 heteroatoms. The van der Waals surface area contributed by atoms with Crippen LogP contribution in [0.3, 0.4) is 0 Å². The number of benzene rings is 3. The Hall–Kier alpha value is -2.38. The molecule has 0 saturated heterocycles. The van der Waals surface area contributed by atoms with Crippen molar-refractivity contribution in [1.82, 2.24) is 0 Å². The highest BCUT2D eigenvalue weighted by Gasteiger charge is 2.21. The summed E-state index contributed by atoms with van der Waals surface area (Å²) in [4.78, 5) is 0. The summed E-state index contributed by atoms with van der Waals surface area (Å²) in [5, 5.41) is 13.1. The van der Waals surface area contributed by atoms with Gasteiger partial charge >= 0.3 is 0 Å². The molecular weight excluding hydrogens is 256 g/mol. The molecule has 0 spiro atoms. The molecule has 1 N–H and O–H groups in total. The molecule has 104 valence electrons. The highest BCUT2D eigenvalue weighted by Crippen LogP contribution is 2.35. The van der Waals surface area contributed by atoms with Crippen LogP contribution >= 0.6 is 0 Å². The molecular formula is C20H18O. The van der Waals surface area contributed by atoms with E-state index in [1.165, 1.54) is 0 Å². The lowest BCUT2D eigenvalue weighted by molar-refractivity contribution is 0.163. The fourth-order valence-corrected chi connectivity index (χ4v) is 2.82. The van der Waals surface area contributed by atoms with Gasteiger partial charge in [-0.15, -0.1) is 6.58 Å². The van der Waals surface area contributed by atoms with Gasteiger partial charge in [0.1, 0.15) is 0 Å². The Balaban J connectivity index is 2.07. The zero-order valence-electron chi connectivity index (χ0n) is 11.8. The predicted molar refractivity (Wildman–Crippen MR) is 88.3 cm³/mol. The second kappa shape index (κ2) is 5.94. The zero-order valence-corrected chi connectivity index (χ0v) is 11.8. The summed E-state index contributed by atoms with van der Waals surface area (Å²) < 4.78 is 0. The molecule has 0 aliphatic rings. The summed E-state index contributed by atoms with van der Waals surface area (Å²) in [7, 11) is 0. The molecule has 0 bridgehead atoms. The maximum Gasteiger partial charge on any atom is 0.0899 e. The number of hydrogen-bond donors (Lipinski definition) is 1. The van der Waals surface area contributed by atoms with Crippen LogP contribution in [0.5, 0.6) is 0 Å². The average Bonchev–Trinajstić information content (AvgIpc) is 2.56. The van der Waals surface area contributed by atoms with Gasteiger partial charge in [0, 0.05) is 5.92 Å². The van der Waals surface area contributed by atoms with E-state index >= 15 is 0 Å². The van der Waals surface area contributed by atoms with Gasteiger partial charge in [-0.25, -0.2) is 0 Å². The van der Waals surface area contributed by atoms with Crippen molar-refractivity contribution in [3.8, 4) is 0 Å². The quantitative estimate of drug-likeness (QED) is 0.675. The van der Waals surface area contributed by atoms with Gasteiger partial charge in [-0.05, 0) is 21.9 Å². The van der Waals surface area contributed by atoms with Crippen molar-refractivity contribution in [2.45, 2.75) is 12.0 Å². The molecule has 0 aromatic heterocycles. The predicted octanol–water partition coefficient (Wildman–Crippen LogP) is 4.84. The van der Waals surface area contributed by atoms with E-state index in [1.54, 1.807) is 0 Å². The Morgan fingerprint density at radius 1 is 0.810 bits per heavy atom. The maximum atomic E-state index is 10.9. The first-order chi connectivity index (χ1) is 10.3. The Kier molecular flexibility index (Phi) is 3.85. The molecule has 3 aromatic carbocycles. The molecule has 0 saturated carbocycles. The fraction of sp³-hybridized carbons (Fsp3) is 0.100. The molecule has 3 aromatic rings. The minimum atomic E-state index is -0.601. The molecule has 3 rings (SSSR count). The van der Waals surface area contributed by atoms with Crippen LogP contribution < -0.4 is 0 Å². The van der Waals surface area contributed by atoms with Crippen molar-refractivity contribution < 1.29 is 5.11 Å². The third-order valence-electron chi connectivity index (χ3n) is 3.92. The van der Waals surface area contributed by atoms with Gasteiger partial charge in [0.2, 0.25) is 0 Å². The lowest BCUT2D eigenvalue weighted by atomic mass is 9.87. The highest BCUT2D eigenvalue weighted by atomic mass is 16.3. The van der Waals surface area contributed by atoms with E-state index in [1.807, 2.05) is 60.7 Å². The SMILES string of the molecule is C=C[C@@H](c1ccccc1)[C@@H](O)c1cccc2ccccc12. The summed E-state index contributed by atoms with van der Waals surface area (Å²) >= 11 is 0. The molecule has 0 unspecified atom stereocenters. The van der Waals surface area contributed by atoms with Crippen molar-refractivity contribution in [3.63, 3.8) is 0 Å². The monoisotopic (exact) mass is 274 g/mol. The molecule has 0 fully saturated rings. The van der Waals surface area contributed by atoms with Gasteiger partial charge in [0.05, 0.1) is 6.10 Å². The molecule has 0 aliphatic carbocycles. The molecule has 0 radical (unpaired) electrons. The minimum absolute atomic E-state index is 0.114. The van der Waals surface area contributed by atoms with Crippen LogP contribution in [0.2, 0.25) is 0 Å². The summed E-state index contributed by atoms with van der Waals surface area (Å²) in [5.41, 5.74) is 2.02. The lowest BCUT2D eigenvalue weighted by Gasteiger charge is -2.22. The number of aliphatic hydroxyl groups is 1. The van der Waals surface area contributed by atoms with Gasteiger partial charge in [-0.3, -0.25) is 0 Å². The van der Waals surface area contributed by atoms with Crippen molar-refractivity contribution >= 4 is 10.8 Å². The average molecular weight is 274 g/mol. The number of rotatable bonds is 4. The Labute approximate surface area is 125 Å². The van der Waals surface area contributed by atoms with Crippen molar-refractivity contribution in [3.05, 3.63) is 96.6 Å². The first-order valence-corrected chi connectivity index (χ1v) is 7.14. The van der Waals surface area contributed by atoms with E-state index < -0.39 is 6.10 Å². The second-order valence-corrected chi connectivity index (χ2v) is 5.19. The largest absolute Gasteiger partial charge is 0.387 e. The second-order valence-electron chi connectivity index (χ2n) is 5.19. The van der Waals surface area contributed by atoms with Gasteiger partial charge in [-0.1, -0.05) is 78.9 Å². The van der Waals surface area contributed by atoms with Gasteiger partial charge < -0.3 is 5.11 Å². The fourth-order valence-electron chi connectivity index (χ4n) is 2.82. The maximum absolute atomic E-state index is 10.9. The van der Waals surface area contributed by atoms with E-state index in [9.17, 15) is 5.11 Å². The number of aliphatic hydroxyl groups excluding tert-OH is 1. The first kappa shape index (κ1) is 13.6. The van der Waals surface area contributed by atoms with Gasteiger partial charge in [-0.2, -0.15) is 0 Å². The molecule has 0 aliphatic heterocycles. The van der Waals surface area contributed by atoms with Crippen LogP contribution in [0.25, 0.3) is 10.8 Å². The van der Waals surface area contributed by atoms with E-state index in [0.717, 1.165) is 21.9 Å². The molecule has 0 heterocycles. The molecule has 21 heavy (non-hydrogen) atoms. The normalized spacial score (nSPS) is 13.8. The van der Waals surface area contributed by atoms with Gasteiger partial charge in [0.25, 0.3) is 0 Å². The standard InChI is InChI=1S/C20H18O/c1-2-17(15-9-4-3-5-10-15)20(21)19-14-8-12-16-11-6-7-13-18(16)19/h2-14,17,20-21H,1H2/t17-,20+/m0/s1. The molecule has 0 amide bonds. The van der Waals surface area contributed by atoms with Crippen LogP contribution in [0.15, 0.2) is 85.5 Å². The lowest BCUT2D eigenvalue weighted by Crippen LogP contribution is -2.09. The third kappa shape index (κ3) is 2.61. The van der Waals surface area contributed by atoms with E-state index in [-0.39, 0.29) is 5.92 Å². The van der Waals surface area contributed by atoms with Crippen LogP contribution in [0.4, 0.5) is 0 Å². The topological polar surface area (TPSA) is 20.2 Å². The Morgan fingerprint density at radius 2 is 1.48 bits per heavy atom. The summed E-state index contributed by atoms with van der Waals surface area (Å²) in [5.74, 6) is -0.114. The number of hydrogen-bond acceptors (Lipinski definition) is 1. The number of fused-ring (bicyclic) bond motifs is 1. The van der Waals surface area contributed by atoms with Gasteiger partial charge in [0.15, 0.2) is 0 Å². The van der Waals surface area contributed by atoms with Crippen LogP contribution in [-0.2, 0) is 0 Å². The van der Waals surface area contributed by atoms with Crippen molar-refractivity contribution in [2.75, 3.05) is 0 Å². The third-order valence-corrected chi connectivity index (χ3v) is 3.92. The summed E-state index contributed by atoms with van der Waals surface area (Å²) in [6.45, 7) is 3.90. The van der Waals surface area contributed by atoms with Crippen LogP contribution in [0, 0.1) is 0 Å². The van der Waals surface area contributed by atoms with Crippen molar-refractivity contribution in [1.29, 1.82) is 0 Å². The first-order valence-electron chi connectivity index (χ1n) is 7.14. The molecule has 1 nitrogen and oxygen atoms in total. The molecule has 2 atom stereocenters. The highest BCUT2D eigenvalue weighted by molar-refractivity contribution is 5.86. The zero-order chi connectivity index (χ0) is 14.7. The van der Waals surface area contributed by atoms with Crippen LogP contribution in [-0.4, -0.2) is 5.11 Å². The van der Waals surface area contributed by atoms with E-state index in [0.29, 0.717) is 0 Å². The van der Waals surface area contributed by atoms with Crippen molar-refractivity contribution in [2.24, 2.45) is 0 Å². The van der Waals surface area contributed by atoms with E-state index in [4.69, 9.17) is 0 Å². The van der Waals surface area contributed by atoms with E-state index in [2.05, 4.69) is 24.8 Å². The summed E-state index contributed by atoms with van der Waals surface area (Å²) in [6.07, 6.45) is 1.22. The Bertz CT molecular complexity index is 741. The van der Waals surface area contributed by atoms with Crippen LogP contribution in [0.1, 0.15) is 23.1 Å².